The molecule has 0 aliphatic carbocycles. The molecule has 0 aromatic heterocycles. The van der Waals surface area contributed by atoms with E-state index in [2.05, 4.69) is 5.09 Å². The number of benzene rings is 2. The summed E-state index contributed by atoms with van der Waals surface area (Å²) in [5.74, 6) is 0.334. The van der Waals surface area contributed by atoms with Crippen LogP contribution in [0.25, 0.3) is 0 Å². The van der Waals surface area contributed by atoms with Crippen LogP contribution in [0, 0.1) is 0 Å². The van der Waals surface area contributed by atoms with E-state index in [4.69, 9.17) is 27.7 Å². The third kappa shape index (κ3) is 4.17. The standard InChI is InChI=1S/C13H12Cl2NO2P/c1-19(17,16-11-5-3-2-4-6-11)18-13-8-7-10(14)9-12(13)15/h2-9H,1H3,(H,16,17). The topological polar surface area (TPSA) is 38.3 Å². The summed E-state index contributed by atoms with van der Waals surface area (Å²) in [7, 11) is -3.06. The summed E-state index contributed by atoms with van der Waals surface area (Å²) in [6, 6.07) is 13.9. The van der Waals surface area contributed by atoms with E-state index in [9.17, 15) is 4.57 Å². The molecule has 0 radical (unpaired) electrons. The van der Waals surface area contributed by atoms with Crippen LogP contribution in [-0.4, -0.2) is 6.66 Å². The molecule has 0 aliphatic rings. The molecule has 0 aliphatic heterocycles. The smallest absolute Gasteiger partial charge is 0.338 e. The molecule has 100 valence electrons. The van der Waals surface area contributed by atoms with Gasteiger partial charge in [0.2, 0.25) is 0 Å². The van der Waals surface area contributed by atoms with E-state index in [0.29, 0.717) is 15.8 Å². The average Bonchev–Trinajstić information content (AvgIpc) is 2.33. The van der Waals surface area contributed by atoms with Crippen molar-refractivity contribution in [2.45, 2.75) is 0 Å². The first-order valence-corrected chi connectivity index (χ1v) is 8.34. The Bertz CT molecular complexity index is 619. The Balaban J connectivity index is 2.15. The first-order valence-electron chi connectivity index (χ1n) is 5.52. The zero-order chi connectivity index (χ0) is 13.9. The van der Waals surface area contributed by atoms with E-state index in [0.717, 1.165) is 5.69 Å². The molecule has 1 atom stereocenters. The third-order valence-electron chi connectivity index (χ3n) is 2.27. The lowest BCUT2D eigenvalue weighted by Gasteiger charge is -2.18. The van der Waals surface area contributed by atoms with Gasteiger partial charge in [0.25, 0.3) is 0 Å². The summed E-state index contributed by atoms with van der Waals surface area (Å²) in [6.45, 7) is 1.49. The molecule has 0 bridgehead atoms. The highest BCUT2D eigenvalue weighted by molar-refractivity contribution is 7.60. The first-order chi connectivity index (χ1) is 8.96. The monoisotopic (exact) mass is 315 g/mol. The second-order valence-electron chi connectivity index (χ2n) is 3.99. The molecule has 0 spiro atoms. The van der Waals surface area contributed by atoms with Crippen molar-refractivity contribution < 1.29 is 9.09 Å². The Morgan fingerprint density at radius 1 is 1.11 bits per heavy atom. The van der Waals surface area contributed by atoms with Crippen LogP contribution in [-0.2, 0) is 4.57 Å². The van der Waals surface area contributed by atoms with Crippen LogP contribution < -0.4 is 9.61 Å². The Kier molecular flexibility index (Phi) is 4.41. The second-order valence-corrected chi connectivity index (χ2v) is 6.93. The van der Waals surface area contributed by atoms with Crippen molar-refractivity contribution in [2.24, 2.45) is 0 Å². The summed E-state index contributed by atoms with van der Waals surface area (Å²) in [5, 5.41) is 3.67. The number of anilines is 1. The summed E-state index contributed by atoms with van der Waals surface area (Å²) >= 11 is 11.8. The molecule has 0 saturated carbocycles. The number of hydrogen-bond acceptors (Lipinski definition) is 2. The van der Waals surface area contributed by atoms with Gasteiger partial charge in [-0.2, -0.15) is 0 Å². The van der Waals surface area contributed by atoms with Crippen molar-refractivity contribution in [3.05, 3.63) is 58.6 Å². The largest absolute Gasteiger partial charge is 0.427 e. The highest BCUT2D eigenvalue weighted by Crippen LogP contribution is 2.45. The first kappa shape index (κ1) is 14.3. The average molecular weight is 316 g/mol. The molecule has 0 heterocycles. The van der Waals surface area contributed by atoms with Gasteiger partial charge in [0, 0.05) is 17.4 Å². The zero-order valence-corrected chi connectivity index (χ0v) is 12.5. The molecular weight excluding hydrogens is 304 g/mol. The van der Waals surface area contributed by atoms with Gasteiger partial charge in [-0.3, -0.25) is 4.57 Å². The van der Waals surface area contributed by atoms with Crippen molar-refractivity contribution in [1.82, 2.24) is 0 Å². The maximum absolute atomic E-state index is 12.4. The van der Waals surface area contributed by atoms with E-state index < -0.39 is 7.52 Å². The summed E-state index contributed by atoms with van der Waals surface area (Å²) in [4.78, 5) is 0. The third-order valence-corrected chi connectivity index (χ3v) is 4.01. The van der Waals surface area contributed by atoms with E-state index in [1.807, 2.05) is 30.3 Å². The summed E-state index contributed by atoms with van der Waals surface area (Å²) in [5.41, 5.74) is 0.721. The van der Waals surface area contributed by atoms with Crippen LogP contribution in [0.3, 0.4) is 0 Å². The van der Waals surface area contributed by atoms with Crippen LogP contribution in [0.1, 0.15) is 0 Å². The molecule has 3 nitrogen and oxygen atoms in total. The molecular formula is C13H12Cl2NO2P. The predicted molar refractivity (Wildman–Crippen MR) is 80.7 cm³/mol. The number of hydrogen-bond donors (Lipinski definition) is 1. The number of rotatable bonds is 4. The predicted octanol–water partition coefficient (Wildman–Crippen LogP) is 5.31. The van der Waals surface area contributed by atoms with Crippen LogP contribution >= 0.6 is 30.7 Å². The summed E-state index contributed by atoms with van der Waals surface area (Å²) < 4.78 is 17.8. The van der Waals surface area contributed by atoms with Gasteiger partial charge in [-0.05, 0) is 30.3 Å². The van der Waals surface area contributed by atoms with Crippen molar-refractivity contribution >= 4 is 36.4 Å². The lowest BCUT2D eigenvalue weighted by atomic mass is 10.3. The van der Waals surface area contributed by atoms with Gasteiger partial charge in [0.1, 0.15) is 5.75 Å². The van der Waals surface area contributed by atoms with Gasteiger partial charge in [-0.15, -0.1) is 0 Å². The van der Waals surface area contributed by atoms with Crippen LogP contribution in [0.4, 0.5) is 5.69 Å². The van der Waals surface area contributed by atoms with Crippen molar-refractivity contribution in [3.63, 3.8) is 0 Å². The van der Waals surface area contributed by atoms with Crippen LogP contribution in [0.15, 0.2) is 48.5 Å². The molecule has 1 N–H and O–H groups in total. The Labute approximate surface area is 122 Å². The van der Waals surface area contributed by atoms with E-state index in [1.165, 1.54) is 6.66 Å². The van der Waals surface area contributed by atoms with Crippen molar-refractivity contribution in [1.29, 1.82) is 0 Å². The van der Waals surface area contributed by atoms with E-state index >= 15 is 0 Å². The van der Waals surface area contributed by atoms with Gasteiger partial charge in [-0.25, -0.2) is 0 Å². The Hall–Kier alpha value is -1.15. The number of nitrogens with one attached hydrogen (secondary N) is 1. The SMILES string of the molecule is CP(=O)(Nc1ccccc1)Oc1ccc(Cl)cc1Cl. The Morgan fingerprint density at radius 3 is 2.42 bits per heavy atom. The maximum atomic E-state index is 12.4. The number of halogens is 2. The minimum atomic E-state index is -3.06. The lowest BCUT2D eigenvalue weighted by Crippen LogP contribution is -2.02. The molecule has 2 rings (SSSR count). The summed E-state index contributed by atoms with van der Waals surface area (Å²) in [6.07, 6.45) is 0. The van der Waals surface area contributed by atoms with Gasteiger partial charge < -0.3 is 9.61 Å². The van der Waals surface area contributed by atoms with E-state index in [-0.39, 0.29) is 0 Å². The Morgan fingerprint density at radius 2 is 1.79 bits per heavy atom. The van der Waals surface area contributed by atoms with E-state index in [1.54, 1.807) is 18.2 Å². The molecule has 0 fully saturated rings. The minimum absolute atomic E-state index is 0.324. The fourth-order valence-electron chi connectivity index (χ4n) is 1.51. The number of para-hydroxylation sites is 1. The van der Waals surface area contributed by atoms with Crippen molar-refractivity contribution in [2.75, 3.05) is 11.8 Å². The molecule has 6 heteroatoms. The molecule has 19 heavy (non-hydrogen) atoms. The van der Waals surface area contributed by atoms with Crippen LogP contribution in [0.2, 0.25) is 10.0 Å². The maximum Gasteiger partial charge on any atom is 0.338 e. The molecule has 0 amide bonds. The van der Waals surface area contributed by atoms with Gasteiger partial charge in [-0.1, -0.05) is 41.4 Å². The second kappa shape index (κ2) is 5.87. The minimum Gasteiger partial charge on any atom is -0.427 e. The lowest BCUT2D eigenvalue weighted by molar-refractivity contribution is 0.493. The van der Waals surface area contributed by atoms with Gasteiger partial charge >= 0.3 is 7.52 Å². The quantitative estimate of drug-likeness (QED) is 0.777. The molecule has 2 aromatic rings. The molecule has 1 unspecified atom stereocenters. The fraction of sp³-hybridized carbons (Fsp3) is 0.0769. The van der Waals surface area contributed by atoms with Gasteiger partial charge in [0.05, 0.1) is 5.02 Å². The molecule has 0 saturated heterocycles. The van der Waals surface area contributed by atoms with Gasteiger partial charge in [0.15, 0.2) is 0 Å². The normalized spacial score (nSPS) is 13.6. The molecule has 2 aromatic carbocycles. The zero-order valence-electron chi connectivity index (χ0n) is 10.1. The highest BCUT2D eigenvalue weighted by Gasteiger charge is 2.18. The fourth-order valence-corrected chi connectivity index (χ4v) is 3.21. The highest BCUT2D eigenvalue weighted by atomic mass is 35.5. The van der Waals surface area contributed by atoms with Crippen molar-refractivity contribution in [3.8, 4) is 5.75 Å². The van der Waals surface area contributed by atoms with Crippen LogP contribution in [0.5, 0.6) is 5.75 Å².